The van der Waals surface area contributed by atoms with E-state index < -0.39 is 0 Å². The number of nitrogens with zero attached hydrogens (tertiary/aromatic N) is 1. The highest BCUT2D eigenvalue weighted by Crippen LogP contribution is 2.39. The number of hydrogen-bond acceptors (Lipinski definition) is 4. The van der Waals surface area contributed by atoms with Crippen LogP contribution in [0, 0.1) is 0 Å². The molecule has 2 N–H and O–H groups in total. The number of nitrogens with one attached hydrogen (secondary N) is 2. The number of benzene rings is 1. The molecule has 148 valence electrons. The quantitative estimate of drug-likeness (QED) is 0.530. The third-order valence-electron chi connectivity index (χ3n) is 4.72. The highest BCUT2D eigenvalue weighted by atomic mass is 35.5. The van der Waals surface area contributed by atoms with Crippen LogP contribution in [0.5, 0.6) is 0 Å². The Labute approximate surface area is 182 Å². The number of fused-ring (bicyclic) bond motifs is 1. The molecule has 1 aliphatic carbocycles. The molecular formula is C21H17Cl2N3O2S. The smallest absolute Gasteiger partial charge is 0.259 e. The summed E-state index contributed by atoms with van der Waals surface area (Å²) in [5, 5.41) is 7.02. The predicted molar refractivity (Wildman–Crippen MR) is 118 cm³/mol. The molecule has 1 aromatic carbocycles. The van der Waals surface area contributed by atoms with Gasteiger partial charge in [-0.15, -0.1) is 11.3 Å². The Hall–Kier alpha value is -2.41. The van der Waals surface area contributed by atoms with E-state index in [0.29, 0.717) is 26.8 Å². The van der Waals surface area contributed by atoms with Gasteiger partial charge in [-0.1, -0.05) is 23.2 Å². The van der Waals surface area contributed by atoms with Crippen molar-refractivity contribution in [2.75, 3.05) is 10.6 Å². The summed E-state index contributed by atoms with van der Waals surface area (Å²) < 4.78 is 0. The maximum Gasteiger partial charge on any atom is 0.259 e. The molecule has 0 radical (unpaired) electrons. The summed E-state index contributed by atoms with van der Waals surface area (Å²) in [5.41, 5.74) is 2.44. The lowest BCUT2D eigenvalue weighted by Crippen LogP contribution is -2.19. The average molecular weight is 446 g/mol. The molecule has 0 aliphatic heterocycles. The van der Waals surface area contributed by atoms with Gasteiger partial charge in [-0.05, 0) is 61.6 Å². The van der Waals surface area contributed by atoms with Gasteiger partial charge >= 0.3 is 0 Å². The molecule has 2 heterocycles. The lowest BCUT2D eigenvalue weighted by molar-refractivity contribution is 0.102. The Morgan fingerprint density at radius 1 is 1.03 bits per heavy atom. The van der Waals surface area contributed by atoms with Gasteiger partial charge < -0.3 is 10.6 Å². The van der Waals surface area contributed by atoms with Crippen LogP contribution in [0.3, 0.4) is 0 Å². The molecule has 0 saturated heterocycles. The van der Waals surface area contributed by atoms with E-state index >= 15 is 0 Å². The van der Waals surface area contributed by atoms with Gasteiger partial charge in [-0.25, -0.2) is 0 Å². The molecule has 3 aromatic rings. The predicted octanol–water partition coefficient (Wildman–Crippen LogP) is 5.83. The van der Waals surface area contributed by atoms with Crippen LogP contribution in [0.4, 0.5) is 10.7 Å². The summed E-state index contributed by atoms with van der Waals surface area (Å²) in [6.45, 7) is 0. The standard InChI is InChI=1S/C21H17Cl2N3O2S/c22-12-7-8-14(16(23)10-12)19(27)26-21-18(15-5-1-2-6-17(15)29-21)20(28)25-13-4-3-9-24-11-13/h3-4,7-11H,1-2,5-6H2,(H,25,28)(H,26,27). The first kappa shape index (κ1) is 19.9. The zero-order valence-corrected chi connectivity index (χ0v) is 17.6. The van der Waals surface area contributed by atoms with Gasteiger partial charge in [-0.3, -0.25) is 14.6 Å². The number of aryl methyl sites for hydroxylation is 1. The number of halogens is 2. The average Bonchev–Trinajstić information content (AvgIpc) is 3.06. The minimum atomic E-state index is -0.374. The minimum Gasteiger partial charge on any atom is -0.320 e. The van der Waals surface area contributed by atoms with E-state index in [-0.39, 0.29) is 16.8 Å². The van der Waals surface area contributed by atoms with Crippen molar-refractivity contribution in [2.24, 2.45) is 0 Å². The van der Waals surface area contributed by atoms with Gasteiger partial charge in [0, 0.05) is 16.1 Å². The largest absolute Gasteiger partial charge is 0.320 e. The third-order valence-corrected chi connectivity index (χ3v) is 6.48. The van der Waals surface area contributed by atoms with Crippen molar-refractivity contribution in [3.8, 4) is 0 Å². The molecule has 0 spiro atoms. The highest BCUT2D eigenvalue weighted by molar-refractivity contribution is 7.17. The third kappa shape index (κ3) is 4.29. The van der Waals surface area contributed by atoms with Crippen molar-refractivity contribution in [1.29, 1.82) is 0 Å². The lowest BCUT2D eigenvalue weighted by atomic mass is 9.95. The second-order valence-corrected chi connectivity index (χ2v) is 8.64. The number of carbonyl (C=O) groups is 2. The summed E-state index contributed by atoms with van der Waals surface area (Å²) in [5.74, 6) is -0.629. The zero-order chi connectivity index (χ0) is 20.4. The molecule has 0 fully saturated rings. The fourth-order valence-corrected chi connectivity index (χ4v) is 5.14. The van der Waals surface area contributed by atoms with Crippen LogP contribution in [-0.4, -0.2) is 16.8 Å². The van der Waals surface area contributed by atoms with E-state index in [2.05, 4.69) is 15.6 Å². The highest BCUT2D eigenvalue weighted by Gasteiger charge is 2.27. The number of aromatic nitrogens is 1. The van der Waals surface area contributed by atoms with Crippen molar-refractivity contribution in [3.05, 3.63) is 74.3 Å². The number of hydrogen-bond donors (Lipinski definition) is 2. The maximum absolute atomic E-state index is 13.1. The first-order valence-electron chi connectivity index (χ1n) is 9.15. The molecule has 1 aliphatic rings. The fourth-order valence-electron chi connectivity index (χ4n) is 3.37. The van der Waals surface area contributed by atoms with Crippen LogP contribution in [0.25, 0.3) is 0 Å². The van der Waals surface area contributed by atoms with Gasteiger partial charge in [-0.2, -0.15) is 0 Å². The summed E-state index contributed by atoms with van der Waals surface area (Å²) in [6, 6.07) is 8.23. The normalized spacial score (nSPS) is 12.9. The van der Waals surface area contributed by atoms with Gasteiger partial charge in [0.25, 0.3) is 11.8 Å². The summed E-state index contributed by atoms with van der Waals surface area (Å²) >= 11 is 13.6. The van der Waals surface area contributed by atoms with E-state index in [9.17, 15) is 9.59 Å². The molecule has 0 atom stereocenters. The van der Waals surface area contributed by atoms with Crippen molar-refractivity contribution in [2.45, 2.75) is 25.7 Å². The second kappa shape index (κ2) is 8.53. The summed E-state index contributed by atoms with van der Waals surface area (Å²) in [7, 11) is 0. The van der Waals surface area contributed by atoms with E-state index in [0.717, 1.165) is 36.1 Å². The zero-order valence-electron chi connectivity index (χ0n) is 15.3. The number of thiophene rings is 1. The number of anilines is 2. The van der Waals surface area contributed by atoms with Gasteiger partial charge in [0.2, 0.25) is 0 Å². The topological polar surface area (TPSA) is 71.1 Å². The lowest BCUT2D eigenvalue weighted by Gasteiger charge is -2.13. The van der Waals surface area contributed by atoms with Crippen molar-refractivity contribution in [1.82, 2.24) is 4.98 Å². The molecule has 2 amide bonds. The SMILES string of the molecule is O=C(Nc1sc2c(c1C(=O)Nc1cccnc1)CCCC2)c1ccc(Cl)cc1Cl. The van der Waals surface area contributed by atoms with Crippen LogP contribution < -0.4 is 10.6 Å². The Morgan fingerprint density at radius 2 is 1.86 bits per heavy atom. The van der Waals surface area contributed by atoms with Crippen LogP contribution in [0.15, 0.2) is 42.7 Å². The van der Waals surface area contributed by atoms with Crippen LogP contribution >= 0.6 is 34.5 Å². The summed E-state index contributed by atoms with van der Waals surface area (Å²) in [4.78, 5) is 31.1. The van der Waals surface area contributed by atoms with Gasteiger partial charge in [0.15, 0.2) is 0 Å². The Bertz CT molecular complexity index is 1080. The first-order chi connectivity index (χ1) is 14.0. The fraction of sp³-hybridized carbons (Fsp3) is 0.190. The number of pyridine rings is 1. The monoisotopic (exact) mass is 445 g/mol. The number of rotatable bonds is 4. The van der Waals surface area contributed by atoms with Gasteiger partial charge in [0.1, 0.15) is 5.00 Å². The van der Waals surface area contributed by atoms with E-state index in [4.69, 9.17) is 23.2 Å². The Balaban J connectivity index is 1.67. The maximum atomic E-state index is 13.1. The molecule has 29 heavy (non-hydrogen) atoms. The number of amides is 2. The minimum absolute atomic E-state index is 0.255. The summed E-state index contributed by atoms with van der Waals surface area (Å²) in [6.07, 6.45) is 7.05. The van der Waals surface area contributed by atoms with E-state index in [1.54, 1.807) is 36.7 Å². The van der Waals surface area contributed by atoms with E-state index in [1.807, 2.05) is 0 Å². The first-order valence-corrected chi connectivity index (χ1v) is 10.7. The Morgan fingerprint density at radius 3 is 2.62 bits per heavy atom. The molecule has 4 rings (SSSR count). The van der Waals surface area contributed by atoms with Crippen molar-refractivity contribution in [3.63, 3.8) is 0 Å². The molecule has 5 nitrogen and oxygen atoms in total. The molecule has 0 bridgehead atoms. The van der Waals surface area contributed by atoms with Gasteiger partial charge in [0.05, 0.1) is 28.0 Å². The molecule has 0 saturated carbocycles. The van der Waals surface area contributed by atoms with Crippen molar-refractivity contribution >= 4 is 57.0 Å². The van der Waals surface area contributed by atoms with Crippen LogP contribution in [-0.2, 0) is 12.8 Å². The van der Waals surface area contributed by atoms with Crippen LogP contribution in [0.1, 0.15) is 44.0 Å². The van der Waals surface area contributed by atoms with Crippen LogP contribution in [0.2, 0.25) is 10.0 Å². The second-order valence-electron chi connectivity index (χ2n) is 6.69. The van der Waals surface area contributed by atoms with Crippen molar-refractivity contribution < 1.29 is 9.59 Å². The molecule has 0 unspecified atom stereocenters. The molecular weight excluding hydrogens is 429 g/mol. The van der Waals surface area contributed by atoms with E-state index in [1.165, 1.54) is 17.4 Å². The molecule has 8 heteroatoms. The molecule has 2 aromatic heterocycles. The Kier molecular flexibility index (Phi) is 5.85. The number of carbonyl (C=O) groups excluding carboxylic acids is 2.